The third-order valence-corrected chi connectivity index (χ3v) is 6.05. The predicted octanol–water partition coefficient (Wildman–Crippen LogP) is 1.05. The highest BCUT2D eigenvalue weighted by Gasteiger charge is 2.51. The van der Waals surface area contributed by atoms with E-state index in [2.05, 4.69) is 9.88 Å². The van der Waals surface area contributed by atoms with E-state index in [1.807, 2.05) is 0 Å². The molecule has 146 valence electrons. The average Bonchev–Trinajstić information content (AvgIpc) is 3.26. The Balaban J connectivity index is 1.38. The highest BCUT2D eigenvalue weighted by Crippen LogP contribution is 2.45. The second-order valence-corrected chi connectivity index (χ2v) is 8.01. The van der Waals surface area contributed by atoms with Crippen molar-refractivity contribution in [3.63, 3.8) is 0 Å². The lowest BCUT2D eigenvalue weighted by molar-refractivity contribution is -0.148. The molecule has 1 aromatic rings. The zero-order valence-corrected chi connectivity index (χ0v) is 15.0. The predicted molar refractivity (Wildman–Crippen MR) is 90.9 cm³/mol. The number of carboxylic acids is 2. The van der Waals surface area contributed by atoms with Gasteiger partial charge in [-0.15, -0.1) is 0 Å². The number of nitrogens with zero attached hydrogens (tertiary/aromatic N) is 3. The number of carbonyl (C=O) groups excluding carboxylic acids is 1. The summed E-state index contributed by atoms with van der Waals surface area (Å²) in [6.07, 6.45) is 5.00. The molecule has 3 fully saturated rings. The largest absolute Gasteiger partial charge is 0.480 e. The van der Waals surface area contributed by atoms with Gasteiger partial charge in [-0.1, -0.05) is 0 Å². The normalized spacial score (nSPS) is 25.0. The monoisotopic (exact) mass is 377 g/mol. The molecule has 3 aliphatic rings. The zero-order valence-electron chi connectivity index (χ0n) is 15.0. The molecule has 1 atom stereocenters. The van der Waals surface area contributed by atoms with Gasteiger partial charge >= 0.3 is 11.9 Å². The first-order chi connectivity index (χ1) is 12.9. The minimum atomic E-state index is -1.12. The third-order valence-electron chi connectivity index (χ3n) is 6.05. The number of hydrogen-bond acceptors (Lipinski definition) is 6. The highest BCUT2D eigenvalue weighted by molar-refractivity contribution is 5.87. The van der Waals surface area contributed by atoms with Gasteiger partial charge in [0, 0.05) is 12.5 Å². The summed E-state index contributed by atoms with van der Waals surface area (Å²) in [6.45, 7) is 2.43. The number of aromatic nitrogens is 1. The number of piperidine rings is 1. The molecular weight excluding hydrogens is 354 g/mol. The molecule has 4 rings (SSSR count). The van der Waals surface area contributed by atoms with Crippen LogP contribution < -0.4 is 0 Å². The first kappa shape index (κ1) is 18.0. The van der Waals surface area contributed by atoms with Crippen molar-refractivity contribution in [2.75, 3.05) is 19.6 Å². The van der Waals surface area contributed by atoms with Crippen molar-refractivity contribution >= 4 is 17.8 Å². The van der Waals surface area contributed by atoms with Crippen LogP contribution in [0, 0.1) is 11.3 Å². The number of rotatable bonds is 5. The fourth-order valence-electron chi connectivity index (χ4n) is 4.29. The third kappa shape index (κ3) is 3.55. The van der Waals surface area contributed by atoms with Crippen molar-refractivity contribution in [2.24, 2.45) is 11.3 Å². The van der Waals surface area contributed by atoms with Gasteiger partial charge in [0.05, 0.1) is 6.54 Å². The van der Waals surface area contributed by atoms with E-state index in [0.29, 0.717) is 25.4 Å². The molecule has 1 aromatic heterocycles. The smallest absolute Gasteiger partial charge is 0.357 e. The summed E-state index contributed by atoms with van der Waals surface area (Å²) in [7, 11) is 0. The molecule has 1 saturated carbocycles. The molecule has 1 spiro atoms. The van der Waals surface area contributed by atoms with E-state index in [9.17, 15) is 19.5 Å². The van der Waals surface area contributed by atoms with Crippen molar-refractivity contribution in [1.82, 2.24) is 14.8 Å². The molecule has 2 aliphatic heterocycles. The molecule has 9 nitrogen and oxygen atoms in total. The minimum absolute atomic E-state index is 0.00249. The highest BCUT2D eigenvalue weighted by atomic mass is 16.4. The van der Waals surface area contributed by atoms with Crippen LogP contribution in [0.25, 0.3) is 0 Å². The van der Waals surface area contributed by atoms with Crippen molar-refractivity contribution in [3.05, 3.63) is 17.8 Å². The summed E-state index contributed by atoms with van der Waals surface area (Å²) >= 11 is 0. The second-order valence-electron chi connectivity index (χ2n) is 8.01. The Kier molecular flexibility index (Phi) is 4.41. The lowest BCUT2D eigenvalue weighted by Gasteiger charge is -2.38. The van der Waals surface area contributed by atoms with E-state index in [0.717, 1.165) is 45.0 Å². The van der Waals surface area contributed by atoms with Gasteiger partial charge in [-0.2, -0.15) is 0 Å². The number of likely N-dealkylation sites (tertiary alicyclic amines) is 2. The summed E-state index contributed by atoms with van der Waals surface area (Å²) in [4.78, 5) is 42.7. The van der Waals surface area contributed by atoms with Crippen molar-refractivity contribution in [1.29, 1.82) is 0 Å². The molecule has 9 heteroatoms. The summed E-state index contributed by atoms with van der Waals surface area (Å²) < 4.78 is 5.21. The lowest BCUT2D eigenvalue weighted by atomic mass is 9.76. The first-order valence-corrected chi connectivity index (χ1v) is 9.30. The van der Waals surface area contributed by atoms with Gasteiger partial charge in [0.25, 0.3) is 0 Å². The van der Waals surface area contributed by atoms with Crippen LogP contribution in [0.3, 0.4) is 0 Å². The molecular formula is C18H23N3O6. The summed E-state index contributed by atoms with van der Waals surface area (Å²) in [6, 6.07) is -0.713. The Morgan fingerprint density at radius 1 is 1.22 bits per heavy atom. The van der Waals surface area contributed by atoms with Crippen LogP contribution in [-0.4, -0.2) is 68.5 Å². The van der Waals surface area contributed by atoms with Crippen LogP contribution in [0.5, 0.6) is 0 Å². The van der Waals surface area contributed by atoms with Gasteiger partial charge in [-0.05, 0) is 50.6 Å². The molecule has 0 aromatic carbocycles. The van der Waals surface area contributed by atoms with Crippen LogP contribution in [0.15, 0.2) is 10.7 Å². The Labute approximate surface area is 155 Å². The molecule has 1 amide bonds. The van der Waals surface area contributed by atoms with Crippen LogP contribution in [-0.2, 0) is 16.1 Å². The molecule has 3 heterocycles. The zero-order chi connectivity index (χ0) is 19.2. The van der Waals surface area contributed by atoms with Crippen LogP contribution in [0.1, 0.15) is 48.5 Å². The average molecular weight is 377 g/mol. The Bertz CT molecular complexity index is 763. The molecule has 2 saturated heterocycles. The van der Waals surface area contributed by atoms with Crippen LogP contribution in [0.2, 0.25) is 0 Å². The number of aromatic carboxylic acids is 1. The molecule has 0 bridgehead atoms. The number of carboxylic acid groups (broad SMARTS) is 2. The summed E-state index contributed by atoms with van der Waals surface area (Å²) in [5.41, 5.74) is -0.250. The number of hydrogen-bond donors (Lipinski definition) is 2. The van der Waals surface area contributed by atoms with E-state index in [4.69, 9.17) is 9.52 Å². The second kappa shape index (κ2) is 6.63. The van der Waals surface area contributed by atoms with Gasteiger partial charge in [-0.3, -0.25) is 9.69 Å². The molecule has 0 unspecified atom stereocenters. The lowest BCUT2D eigenvalue weighted by Crippen LogP contribution is -2.43. The maximum absolute atomic E-state index is 12.5. The maximum Gasteiger partial charge on any atom is 0.357 e. The standard InChI is InChI=1S/C18H23N3O6/c22-15(11-1-2-11)21-10-18(7-13(21)17(25)26)3-5-20(6-4-18)8-14-19-12(9-27-14)16(23)24/h9,11,13H,1-8,10H2,(H,23,24)(H,25,26)/t13-/m0/s1. The van der Waals surface area contributed by atoms with Crippen molar-refractivity contribution < 1.29 is 29.0 Å². The fraction of sp³-hybridized carbons (Fsp3) is 0.667. The van der Waals surface area contributed by atoms with Gasteiger partial charge < -0.3 is 19.5 Å². The van der Waals surface area contributed by atoms with E-state index in [1.165, 1.54) is 0 Å². The number of amides is 1. The molecule has 27 heavy (non-hydrogen) atoms. The SMILES string of the molecule is O=C(O)c1coc(CN2CCC3(CC2)C[C@@H](C(=O)O)N(C(=O)C2CC2)C3)n1. The Hall–Kier alpha value is -2.42. The van der Waals surface area contributed by atoms with Gasteiger partial charge in [0.2, 0.25) is 11.8 Å². The van der Waals surface area contributed by atoms with E-state index >= 15 is 0 Å². The Morgan fingerprint density at radius 3 is 2.48 bits per heavy atom. The van der Waals surface area contributed by atoms with Crippen LogP contribution >= 0.6 is 0 Å². The van der Waals surface area contributed by atoms with Crippen LogP contribution in [0.4, 0.5) is 0 Å². The van der Waals surface area contributed by atoms with E-state index < -0.39 is 18.0 Å². The van der Waals surface area contributed by atoms with Gasteiger partial charge in [0.1, 0.15) is 12.3 Å². The number of oxazole rings is 1. The van der Waals surface area contributed by atoms with Gasteiger partial charge in [0.15, 0.2) is 5.69 Å². The van der Waals surface area contributed by atoms with Crippen molar-refractivity contribution in [3.8, 4) is 0 Å². The Morgan fingerprint density at radius 2 is 1.93 bits per heavy atom. The number of aliphatic carboxylic acids is 1. The molecule has 1 aliphatic carbocycles. The van der Waals surface area contributed by atoms with E-state index in [-0.39, 0.29) is 22.9 Å². The summed E-state index contributed by atoms with van der Waals surface area (Å²) in [5.74, 6) is -1.64. The van der Waals surface area contributed by atoms with Crippen molar-refractivity contribution in [2.45, 2.75) is 44.7 Å². The maximum atomic E-state index is 12.5. The fourth-order valence-corrected chi connectivity index (χ4v) is 4.29. The number of carbonyl (C=O) groups is 3. The summed E-state index contributed by atoms with van der Waals surface area (Å²) in [5, 5.41) is 18.5. The topological polar surface area (TPSA) is 124 Å². The quantitative estimate of drug-likeness (QED) is 0.780. The van der Waals surface area contributed by atoms with Gasteiger partial charge in [-0.25, -0.2) is 14.6 Å². The molecule has 2 N–H and O–H groups in total. The minimum Gasteiger partial charge on any atom is -0.480 e. The first-order valence-electron chi connectivity index (χ1n) is 9.30. The van der Waals surface area contributed by atoms with E-state index in [1.54, 1.807) is 4.90 Å². The molecule has 0 radical (unpaired) electrons.